The van der Waals surface area contributed by atoms with E-state index in [1.807, 2.05) is 0 Å². The van der Waals surface area contributed by atoms with E-state index in [4.69, 9.17) is 21.1 Å². The van der Waals surface area contributed by atoms with E-state index in [0.717, 1.165) is 0 Å². The number of hydrogen-bond acceptors (Lipinski definition) is 4. The van der Waals surface area contributed by atoms with E-state index in [0.29, 0.717) is 0 Å². The van der Waals surface area contributed by atoms with Crippen LogP contribution in [0, 0.1) is 0 Å². The molecule has 0 amide bonds. The molecule has 0 aliphatic rings. The molecule has 4 nitrogen and oxygen atoms in total. The van der Waals surface area contributed by atoms with Crippen LogP contribution in [0.25, 0.3) is 0 Å². The van der Waals surface area contributed by atoms with Crippen LogP contribution in [0.3, 0.4) is 0 Å². The summed E-state index contributed by atoms with van der Waals surface area (Å²) in [6.45, 7) is 3.00. The Morgan fingerprint density at radius 3 is 1.67 bits per heavy atom. The Morgan fingerprint density at radius 1 is 1.33 bits per heavy atom. The first kappa shape index (κ1) is 8.84. The maximum atomic E-state index is 8.53. The van der Waals surface area contributed by atoms with Crippen molar-refractivity contribution in [3.05, 3.63) is 0 Å². The predicted octanol–water partition coefficient (Wildman–Crippen LogP) is -1.26. The van der Waals surface area contributed by atoms with E-state index in [-0.39, 0.29) is 6.42 Å². The minimum Gasteiger partial charge on any atom is -0.342 e. The second kappa shape index (κ2) is 2.22. The highest BCUT2D eigenvalue weighted by Crippen LogP contribution is 2.16. The summed E-state index contributed by atoms with van der Waals surface area (Å²) in [6.07, 6.45) is 0.288. The smallest absolute Gasteiger partial charge is 0.294 e. The van der Waals surface area contributed by atoms with Crippen molar-refractivity contribution in [3.63, 3.8) is 0 Å². The Kier molecular flexibility index (Phi) is 2.19. The maximum absolute atomic E-state index is 8.53. The number of rotatable bonds is 2. The highest BCUT2D eigenvalue weighted by atomic mass is 16.7. The molecule has 9 heavy (non-hydrogen) atoms. The third kappa shape index (κ3) is 1.91. The molecular formula is C5H13NO3. The van der Waals surface area contributed by atoms with E-state index in [1.165, 1.54) is 6.92 Å². The van der Waals surface area contributed by atoms with Gasteiger partial charge in [-0.25, -0.2) is 0 Å². The van der Waals surface area contributed by atoms with Gasteiger partial charge in [0.2, 0.25) is 0 Å². The Bertz CT molecular complexity index is 94.9. The van der Waals surface area contributed by atoms with Crippen molar-refractivity contribution in [1.82, 2.24) is 0 Å². The summed E-state index contributed by atoms with van der Waals surface area (Å²) in [5.41, 5.74) is 3.89. The molecule has 4 heteroatoms. The molecule has 1 unspecified atom stereocenters. The minimum absolute atomic E-state index is 0.288. The lowest BCUT2D eigenvalue weighted by Crippen LogP contribution is -2.58. The van der Waals surface area contributed by atoms with Gasteiger partial charge in [-0.15, -0.1) is 0 Å². The molecule has 1 atom stereocenters. The van der Waals surface area contributed by atoms with Crippen LogP contribution in [-0.2, 0) is 0 Å². The van der Waals surface area contributed by atoms with Crippen LogP contribution in [0.5, 0.6) is 0 Å². The fourth-order valence-corrected chi connectivity index (χ4v) is 0.237. The fourth-order valence-electron chi connectivity index (χ4n) is 0.237. The van der Waals surface area contributed by atoms with Gasteiger partial charge in [-0.2, -0.15) is 0 Å². The monoisotopic (exact) mass is 135 g/mol. The highest BCUT2D eigenvalue weighted by Gasteiger charge is 2.39. The van der Waals surface area contributed by atoms with E-state index >= 15 is 0 Å². The summed E-state index contributed by atoms with van der Waals surface area (Å²) in [6, 6.07) is 0. The second-order valence-electron chi connectivity index (χ2n) is 2.41. The quantitative estimate of drug-likeness (QED) is 0.356. The Labute approximate surface area is 53.9 Å². The number of nitrogens with two attached hydrogens (primary N) is 1. The van der Waals surface area contributed by atoms with Gasteiger partial charge in [0.25, 0.3) is 5.97 Å². The van der Waals surface area contributed by atoms with Crippen molar-refractivity contribution in [3.8, 4) is 0 Å². The van der Waals surface area contributed by atoms with Gasteiger partial charge in [0.05, 0.1) is 5.54 Å². The lowest BCUT2D eigenvalue weighted by molar-refractivity contribution is -0.345. The number of aliphatic hydroxyl groups is 3. The summed E-state index contributed by atoms with van der Waals surface area (Å²) < 4.78 is 0. The molecule has 5 N–H and O–H groups in total. The van der Waals surface area contributed by atoms with Crippen molar-refractivity contribution in [2.75, 3.05) is 0 Å². The van der Waals surface area contributed by atoms with Crippen molar-refractivity contribution in [2.24, 2.45) is 5.73 Å². The average molecular weight is 135 g/mol. The summed E-state index contributed by atoms with van der Waals surface area (Å²) in [5.74, 6) is -2.78. The van der Waals surface area contributed by atoms with Gasteiger partial charge in [-0.3, -0.25) is 0 Å². The third-order valence-electron chi connectivity index (χ3n) is 1.50. The summed E-state index contributed by atoms with van der Waals surface area (Å²) >= 11 is 0. The maximum Gasteiger partial charge on any atom is 0.294 e. The van der Waals surface area contributed by atoms with Crippen molar-refractivity contribution in [2.45, 2.75) is 31.8 Å². The van der Waals surface area contributed by atoms with Crippen LogP contribution in [0.1, 0.15) is 20.3 Å². The van der Waals surface area contributed by atoms with Crippen molar-refractivity contribution < 1.29 is 15.3 Å². The molecule has 0 heterocycles. The molecule has 0 rings (SSSR count). The van der Waals surface area contributed by atoms with Crippen LogP contribution in [0.2, 0.25) is 0 Å². The second-order valence-corrected chi connectivity index (χ2v) is 2.41. The van der Waals surface area contributed by atoms with E-state index in [1.54, 1.807) is 6.92 Å². The van der Waals surface area contributed by atoms with E-state index in [2.05, 4.69) is 0 Å². The molecule has 0 spiro atoms. The molecule has 0 aliphatic heterocycles. The van der Waals surface area contributed by atoms with E-state index in [9.17, 15) is 0 Å². The molecule has 0 saturated carbocycles. The third-order valence-corrected chi connectivity index (χ3v) is 1.50. The molecular weight excluding hydrogens is 122 g/mol. The van der Waals surface area contributed by atoms with Gasteiger partial charge in [0.15, 0.2) is 0 Å². The van der Waals surface area contributed by atoms with Crippen LogP contribution in [-0.4, -0.2) is 26.8 Å². The van der Waals surface area contributed by atoms with Crippen molar-refractivity contribution >= 4 is 0 Å². The van der Waals surface area contributed by atoms with Crippen molar-refractivity contribution in [1.29, 1.82) is 0 Å². The van der Waals surface area contributed by atoms with Crippen LogP contribution in [0.15, 0.2) is 0 Å². The van der Waals surface area contributed by atoms with Gasteiger partial charge < -0.3 is 21.1 Å². The molecule has 0 aromatic rings. The molecule has 0 aromatic carbocycles. The lowest BCUT2D eigenvalue weighted by atomic mass is 9.98. The normalized spacial score (nSPS) is 19.3. The molecule has 0 bridgehead atoms. The molecule has 0 saturated heterocycles. The van der Waals surface area contributed by atoms with Gasteiger partial charge in [0.1, 0.15) is 0 Å². The summed E-state index contributed by atoms with van der Waals surface area (Å²) in [5, 5.41) is 25.6. The molecule has 56 valence electrons. The van der Waals surface area contributed by atoms with E-state index < -0.39 is 11.5 Å². The largest absolute Gasteiger partial charge is 0.342 e. The minimum atomic E-state index is -2.78. The first-order valence-corrected chi connectivity index (χ1v) is 2.77. The fraction of sp³-hybridized carbons (Fsp3) is 1.00. The van der Waals surface area contributed by atoms with Gasteiger partial charge >= 0.3 is 0 Å². The average Bonchev–Trinajstić information content (AvgIpc) is 1.64. The topological polar surface area (TPSA) is 86.7 Å². The Balaban J connectivity index is 4.14. The molecule has 0 aromatic heterocycles. The SMILES string of the molecule is CCC(C)(N)C(O)(O)O. The zero-order valence-corrected chi connectivity index (χ0v) is 5.63. The van der Waals surface area contributed by atoms with Gasteiger partial charge in [0, 0.05) is 0 Å². The van der Waals surface area contributed by atoms with Gasteiger partial charge in [-0.1, -0.05) is 6.92 Å². The van der Waals surface area contributed by atoms with Crippen LogP contribution < -0.4 is 5.73 Å². The Morgan fingerprint density at radius 2 is 1.67 bits per heavy atom. The predicted molar refractivity (Wildman–Crippen MR) is 32.3 cm³/mol. The van der Waals surface area contributed by atoms with Gasteiger partial charge in [-0.05, 0) is 13.3 Å². The first-order chi connectivity index (χ1) is 3.81. The zero-order valence-electron chi connectivity index (χ0n) is 5.63. The van der Waals surface area contributed by atoms with Crippen LogP contribution in [0.4, 0.5) is 0 Å². The summed E-state index contributed by atoms with van der Waals surface area (Å²) in [4.78, 5) is 0. The number of hydrogen-bond donors (Lipinski definition) is 4. The molecule has 0 fully saturated rings. The van der Waals surface area contributed by atoms with Crippen LogP contribution >= 0.6 is 0 Å². The standard InChI is InChI=1S/C5H13NO3/c1-3-4(2,6)5(7,8)9/h7-9H,3,6H2,1-2H3. The molecule has 0 radical (unpaired) electrons. The summed E-state index contributed by atoms with van der Waals surface area (Å²) in [7, 11) is 0. The Hall–Kier alpha value is -0.160. The lowest BCUT2D eigenvalue weighted by Gasteiger charge is -2.31. The highest BCUT2D eigenvalue weighted by molar-refractivity contribution is 4.83. The molecule has 0 aliphatic carbocycles. The first-order valence-electron chi connectivity index (χ1n) is 2.77. The zero-order chi connectivity index (χ0) is 7.71.